The van der Waals surface area contributed by atoms with Crippen molar-refractivity contribution in [1.82, 2.24) is 0 Å². The maximum atomic E-state index is 13.0. The van der Waals surface area contributed by atoms with Gasteiger partial charge in [-0.1, -0.05) is 90.0 Å². The first-order valence-electron chi connectivity index (χ1n) is 10.8. The molecule has 2 aromatic carbocycles. The van der Waals surface area contributed by atoms with Gasteiger partial charge in [-0.2, -0.15) is 0 Å². The molecule has 0 saturated heterocycles. The van der Waals surface area contributed by atoms with E-state index in [0.717, 1.165) is 36.8 Å². The predicted molar refractivity (Wildman–Crippen MR) is 128 cm³/mol. The van der Waals surface area contributed by atoms with E-state index < -0.39 is 0 Å². The Balaban J connectivity index is 1.56. The Kier molecular flexibility index (Phi) is 8.27. The minimum absolute atomic E-state index is 0.0546. The second-order valence-electron chi connectivity index (χ2n) is 8.21. The SMILES string of the molecule is CC1CC(CC=Cc2ccc(N=[N+]=[N-])cc2)C(=O)C(CC=Cc2ccc(N=[N+]=[N-])cc2)C1. The van der Waals surface area contributed by atoms with E-state index in [1.807, 2.05) is 36.4 Å². The highest BCUT2D eigenvalue weighted by atomic mass is 16.1. The maximum Gasteiger partial charge on any atom is 0.139 e. The highest BCUT2D eigenvalue weighted by Gasteiger charge is 2.33. The van der Waals surface area contributed by atoms with Crippen molar-refractivity contribution in [2.45, 2.75) is 32.6 Å². The molecule has 1 fully saturated rings. The van der Waals surface area contributed by atoms with Crippen molar-refractivity contribution in [2.75, 3.05) is 0 Å². The Morgan fingerprint density at radius 3 is 1.59 bits per heavy atom. The van der Waals surface area contributed by atoms with Crippen LogP contribution in [0.4, 0.5) is 11.4 Å². The van der Waals surface area contributed by atoms with Gasteiger partial charge in [-0.3, -0.25) is 4.79 Å². The van der Waals surface area contributed by atoms with Crippen molar-refractivity contribution in [3.05, 3.63) is 92.7 Å². The standard InChI is InChI=1S/C25H26N6O/c1-18-16-21(6-2-4-19-8-12-23(13-9-19)28-30-26)25(32)22(17-18)7-3-5-20-10-14-24(15-11-20)29-31-27/h2-5,8-15,18,21-22H,6-7,16-17H2,1H3. The van der Waals surface area contributed by atoms with Gasteiger partial charge in [0.2, 0.25) is 0 Å². The summed E-state index contributed by atoms with van der Waals surface area (Å²) < 4.78 is 0. The van der Waals surface area contributed by atoms with E-state index >= 15 is 0 Å². The molecule has 1 saturated carbocycles. The van der Waals surface area contributed by atoms with Crippen LogP contribution in [-0.4, -0.2) is 5.78 Å². The van der Waals surface area contributed by atoms with Gasteiger partial charge < -0.3 is 0 Å². The van der Waals surface area contributed by atoms with E-state index in [1.54, 1.807) is 24.3 Å². The number of carbonyl (C=O) groups excluding carboxylic acids is 1. The number of hydrogen-bond donors (Lipinski definition) is 0. The Morgan fingerprint density at radius 1 is 0.812 bits per heavy atom. The summed E-state index contributed by atoms with van der Waals surface area (Å²) in [5.41, 5.74) is 20.2. The van der Waals surface area contributed by atoms with Gasteiger partial charge in [0.1, 0.15) is 5.78 Å². The Labute approximate surface area is 187 Å². The number of rotatable bonds is 8. The van der Waals surface area contributed by atoms with E-state index in [4.69, 9.17) is 11.1 Å². The molecule has 0 aliphatic heterocycles. The summed E-state index contributed by atoms with van der Waals surface area (Å²) >= 11 is 0. The molecule has 0 radical (unpaired) electrons. The summed E-state index contributed by atoms with van der Waals surface area (Å²) in [5, 5.41) is 7.14. The second kappa shape index (κ2) is 11.6. The second-order valence-corrected chi connectivity index (χ2v) is 8.21. The van der Waals surface area contributed by atoms with Gasteiger partial charge in [-0.05, 0) is 53.8 Å². The van der Waals surface area contributed by atoms with Crippen LogP contribution >= 0.6 is 0 Å². The molecule has 162 valence electrons. The quantitative estimate of drug-likeness (QED) is 0.236. The van der Waals surface area contributed by atoms with Gasteiger partial charge in [-0.25, -0.2) is 0 Å². The van der Waals surface area contributed by atoms with Crippen LogP contribution in [0.1, 0.15) is 43.7 Å². The zero-order valence-corrected chi connectivity index (χ0v) is 18.1. The molecule has 0 spiro atoms. The van der Waals surface area contributed by atoms with Gasteiger partial charge >= 0.3 is 0 Å². The number of azide groups is 2. The molecule has 2 unspecified atom stereocenters. The van der Waals surface area contributed by atoms with Crippen molar-refractivity contribution in [3.63, 3.8) is 0 Å². The molecule has 3 rings (SSSR count). The molecule has 0 bridgehead atoms. The zero-order valence-electron chi connectivity index (χ0n) is 18.1. The predicted octanol–water partition coefficient (Wildman–Crippen LogP) is 8.31. The van der Waals surface area contributed by atoms with Crippen molar-refractivity contribution in [3.8, 4) is 0 Å². The lowest BCUT2D eigenvalue weighted by atomic mass is 9.72. The van der Waals surface area contributed by atoms with Crippen molar-refractivity contribution in [1.29, 1.82) is 0 Å². The molecule has 0 N–H and O–H groups in total. The molecule has 2 aromatic rings. The fourth-order valence-corrected chi connectivity index (χ4v) is 4.20. The van der Waals surface area contributed by atoms with Crippen molar-refractivity contribution >= 4 is 29.3 Å². The van der Waals surface area contributed by atoms with Gasteiger partial charge in [0.25, 0.3) is 0 Å². The van der Waals surface area contributed by atoms with E-state index in [2.05, 4.69) is 39.1 Å². The van der Waals surface area contributed by atoms with E-state index in [1.165, 1.54) is 0 Å². The third kappa shape index (κ3) is 6.61. The lowest BCUT2D eigenvalue weighted by molar-refractivity contribution is -0.130. The normalized spacial score (nSPS) is 20.8. The van der Waals surface area contributed by atoms with Crippen LogP contribution in [0.15, 0.2) is 70.9 Å². The van der Waals surface area contributed by atoms with Gasteiger partial charge in [0.15, 0.2) is 0 Å². The molecule has 0 heterocycles. The van der Waals surface area contributed by atoms with Crippen molar-refractivity contribution in [2.24, 2.45) is 28.0 Å². The van der Waals surface area contributed by atoms with Crippen LogP contribution in [0, 0.1) is 17.8 Å². The summed E-state index contributed by atoms with van der Waals surface area (Å²) in [7, 11) is 0. The molecular formula is C25H26N6O. The van der Waals surface area contributed by atoms with Crippen LogP contribution in [-0.2, 0) is 4.79 Å². The molecule has 7 heteroatoms. The zero-order chi connectivity index (χ0) is 22.8. The minimum atomic E-state index is 0.0546. The maximum absolute atomic E-state index is 13.0. The monoisotopic (exact) mass is 426 g/mol. The number of nitrogens with zero attached hydrogens (tertiary/aromatic N) is 6. The highest BCUT2D eigenvalue weighted by molar-refractivity contribution is 5.84. The smallest absolute Gasteiger partial charge is 0.139 e. The Bertz CT molecular complexity index is 989. The molecule has 2 atom stereocenters. The van der Waals surface area contributed by atoms with Gasteiger partial charge in [0.05, 0.1) is 0 Å². The highest BCUT2D eigenvalue weighted by Crippen LogP contribution is 2.34. The first-order chi connectivity index (χ1) is 15.6. The fraction of sp³-hybridized carbons (Fsp3) is 0.320. The lowest BCUT2D eigenvalue weighted by Gasteiger charge is -2.31. The number of allylic oxidation sites excluding steroid dienone is 2. The summed E-state index contributed by atoms with van der Waals surface area (Å²) in [6, 6.07) is 14.7. The van der Waals surface area contributed by atoms with Crippen molar-refractivity contribution < 1.29 is 4.79 Å². The number of ketones is 1. The van der Waals surface area contributed by atoms with Crippen LogP contribution in [0.3, 0.4) is 0 Å². The van der Waals surface area contributed by atoms with E-state index in [0.29, 0.717) is 23.1 Å². The topological polar surface area (TPSA) is 115 Å². The molecular weight excluding hydrogens is 400 g/mol. The first kappa shape index (κ1) is 22.9. The molecule has 7 nitrogen and oxygen atoms in total. The average molecular weight is 427 g/mol. The van der Waals surface area contributed by atoms with Gasteiger partial charge in [0, 0.05) is 33.0 Å². The summed E-state index contributed by atoms with van der Waals surface area (Å²) in [4.78, 5) is 18.6. The average Bonchev–Trinajstić information content (AvgIpc) is 2.79. The number of carbonyl (C=O) groups is 1. The minimum Gasteiger partial charge on any atom is -0.299 e. The van der Waals surface area contributed by atoms with E-state index in [-0.39, 0.29) is 11.8 Å². The van der Waals surface area contributed by atoms with Crippen LogP contribution in [0.2, 0.25) is 0 Å². The summed E-state index contributed by atoms with van der Waals surface area (Å²) in [6.07, 6.45) is 11.5. The van der Waals surface area contributed by atoms with Crippen LogP contribution < -0.4 is 0 Å². The summed E-state index contributed by atoms with van der Waals surface area (Å²) in [5.74, 6) is 0.989. The Morgan fingerprint density at radius 2 is 1.22 bits per heavy atom. The largest absolute Gasteiger partial charge is 0.299 e. The number of hydrogen-bond acceptors (Lipinski definition) is 3. The number of benzene rings is 2. The molecule has 0 amide bonds. The third-order valence-corrected chi connectivity index (χ3v) is 5.75. The third-order valence-electron chi connectivity index (χ3n) is 5.75. The van der Waals surface area contributed by atoms with Crippen LogP contribution in [0.25, 0.3) is 33.0 Å². The first-order valence-corrected chi connectivity index (χ1v) is 10.8. The Hall–Kier alpha value is -3.79. The molecule has 0 aromatic heterocycles. The van der Waals surface area contributed by atoms with Gasteiger partial charge in [-0.15, -0.1) is 0 Å². The molecule has 32 heavy (non-hydrogen) atoms. The molecule has 1 aliphatic rings. The number of Topliss-reactive ketones (excluding diaryl/α,β-unsaturated/α-hetero) is 1. The van der Waals surface area contributed by atoms with E-state index in [9.17, 15) is 4.79 Å². The van der Waals surface area contributed by atoms with Crippen LogP contribution in [0.5, 0.6) is 0 Å². The summed E-state index contributed by atoms with van der Waals surface area (Å²) in [6.45, 7) is 2.22. The lowest BCUT2D eigenvalue weighted by Crippen LogP contribution is -2.31. The fourth-order valence-electron chi connectivity index (χ4n) is 4.20. The molecule has 1 aliphatic carbocycles.